The van der Waals surface area contributed by atoms with E-state index in [2.05, 4.69) is 34.6 Å². The SMILES string of the molecule is CC(=O)[C@H]1CC[C@@]2(C)[C@@H](CC[C@@H]3[C@@H]2CC[C@]2(C)[C@@H]([C@H](C)CCCC(C)C)CC[C@@H]32)C1=O. The molecule has 0 aromatic heterocycles. The van der Waals surface area contributed by atoms with Crippen molar-refractivity contribution < 1.29 is 9.59 Å². The van der Waals surface area contributed by atoms with Crippen LogP contribution in [0, 0.1) is 58.2 Å². The summed E-state index contributed by atoms with van der Waals surface area (Å²) in [6.45, 7) is 14.0. The highest BCUT2D eigenvalue weighted by atomic mass is 16.2. The van der Waals surface area contributed by atoms with Crippen LogP contribution in [-0.4, -0.2) is 11.6 Å². The highest BCUT2D eigenvalue weighted by molar-refractivity contribution is 6.03. The maximum Gasteiger partial charge on any atom is 0.146 e. The second kappa shape index (κ2) is 8.60. The molecule has 4 fully saturated rings. The number of hydrogen-bond acceptors (Lipinski definition) is 2. The van der Waals surface area contributed by atoms with E-state index in [4.69, 9.17) is 0 Å². The lowest BCUT2D eigenvalue weighted by molar-refractivity contribution is -0.157. The molecule has 0 spiro atoms. The average molecular weight is 429 g/mol. The van der Waals surface area contributed by atoms with Crippen LogP contribution in [-0.2, 0) is 9.59 Å². The van der Waals surface area contributed by atoms with Gasteiger partial charge < -0.3 is 0 Å². The first-order chi connectivity index (χ1) is 14.6. The molecule has 0 amide bonds. The minimum absolute atomic E-state index is 0.107. The Morgan fingerprint density at radius 2 is 1.58 bits per heavy atom. The molecule has 0 heterocycles. The molecule has 31 heavy (non-hydrogen) atoms. The van der Waals surface area contributed by atoms with Gasteiger partial charge in [0, 0.05) is 5.92 Å². The molecule has 4 saturated carbocycles. The third-order valence-electron chi connectivity index (χ3n) is 11.2. The molecule has 176 valence electrons. The van der Waals surface area contributed by atoms with Gasteiger partial charge in [-0.1, -0.05) is 53.9 Å². The van der Waals surface area contributed by atoms with Gasteiger partial charge in [-0.2, -0.15) is 0 Å². The number of Topliss-reactive ketones (excluding diaryl/α,β-unsaturated/α-hetero) is 2. The van der Waals surface area contributed by atoms with Gasteiger partial charge >= 0.3 is 0 Å². The Hall–Kier alpha value is -0.660. The smallest absolute Gasteiger partial charge is 0.146 e. The Morgan fingerprint density at radius 3 is 2.26 bits per heavy atom. The van der Waals surface area contributed by atoms with E-state index in [9.17, 15) is 9.59 Å². The molecule has 9 atom stereocenters. The summed E-state index contributed by atoms with van der Waals surface area (Å²) in [6.07, 6.45) is 13.9. The van der Waals surface area contributed by atoms with Gasteiger partial charge in [0.05, 0.1) is 5.92 Å². The Balaban J connectivity index is 1.49. The van der Waals surface area contributed by atoms with Gasteiger partial charge in [0.25, 0.3) is 0 Å². The normalized spacial score (nSPS) is 45.7. The minimum Gasteiger partial charge on any atom is -0.299 e. The van der Waals surface area contributed by atoms with Crippen LogP contribution in [0.2, 0.25) is 0 Å². The van der Waals surface area contributed by atoms with Gasteiger partial charge in [0.2, 0.25) is 0 Å². The predicted molar refractivity (Wildman–Crippen MR) is 128 cm³/mol. The average Bonchev–Trinajstić information content (AvgIpc) is 3.04. The molecule has 4 aliphatic rings. The first-order valence-electron chi connectivity index (χ1n) is 13.6. The van der Waals surface area contributed by atoms with Crippen molar-refractivity contribution in [2.75, 3.05) is 0 Å². The highest BCUT2D eigenvalue weighted by Crippen LogP contribution is 2.68. The highest BCUT2D eigenvalue weighted by Gasteiger charge is 2.62. The largest absolute Gasteiger partial charge is 0.299 e. The lowest BCUT2D eigenvalue weighted by Crippen LogP contribution is -2.56. The molecule has 0 saturated heterocycles. The van der Waals surface area contributed by atoms with Crippen LogP contribution < -0.4 is 0 Å². The molecule has 0 aliphatic heterocycles. The van der Waals surface area contributed by atoms with Crippen molar-refractivity contribution in [3.8, 4) is 0 Å². The van der Waals surface area contributed by atoms with Crippen LogP contribution in [0.4, 0.5) is 0 Å². The summed E-state index contributed by atoms with van der Waals surface area (Å²) < 4.78 is 0. The summed E-state index contributed by atoms with van der Waals surface area (Å²) in [5.41, 5.74) is 0.663. The van der Waals surface area contributed by atoms with Crippen molar-refractivity contribution >= 4 is 11.6 Å². The summed E-state index contributed by atoms with van der Waals surface area (Å²) in [5.74, 6) is 5.21. The van der Waals surface area contributed by atoms with E-state index in [1.807, 2.05) is 0 Å². The van der Waals surface area contributed by atoms with E-state index in [1.165, 1.54) is 51.4 Å². The van der Waals surface area contributed by atoms with Crippen molar-refractivity contribution in [3.05, 3.63) is 0 Å². The fourth-order valence-electron chi connectivity index (χ4n) is 9.55. The maximum absolute atomic E-state index is 13.2. The van der Waals surface area contributed by atoms with Crippen LogP contribution in [0.1, 0.15) is 112 Å². The number of carbonyl (C=O) groups excluding carboxylic acids is 2. The zero-order valence-electron chi connectivity index (χ0n) is 21.2. The molecule has 4 aliphatic carbocycles. The molecule has 0 aromatic rings. The summed E-state index contributed by atoms with van der Waals surface area (Å²) in [5, 5.41) is 0. The lowest BCUT2D eigenvalue weighted by atomic mass is 9.43. The van der Waals surface area contributed by atoms with Gasteiger partial charge in [0.15, 0.2) is 0 Å². The Morgan fingerprint density at radius 1 is 0.903 bits per heavy atom. The zero-order valence-corrected chi connectivity index (χ0v) is 21.2. The Kier molecular flexibility index (Phi) is 6.52. The van der Waals surface area contributed by atoms with E-state index in [0.29, 0.717) is 17.1 Å². The van der Waals surface area contributed by atoms with E-state index in [1.54, 1.807) is 6.92 Å². The number of fused-ring (bicyclic) bond motifs is 5. The quantitative estimate of drug-likeness (QED) is 0.411. The molecular formula is C29H48O2. The third-order valence-corrected chi connectivity index (χ3v) is 11.2. The van der Waals surface area contributed by atoms with Crippen molar-refractivity contribution in [1.82, 2.24) is 0 Å². The Labute approximate surface area is 191 Å². The van der Waals surface area contributed by atoms with Gasteiger partial charge in [-0.25, -0.2) is 0 Å². The minimum atomic E-state index is -0.300. The van der Waals surface area contributed by atoms with Crippen LogP contribution in [0.5, 0.6) is 0 Å². The zero-order chi connectivity index (χ0) is 22.6. The standard InChI is InChI=1S/C29H48O2/c1-18(2)8-7-9-19(3)23-12-13-24-22-10-11-26-27(31)21(20(4)30)14-16-29(26,6)25(22)15-17-28(23,24)5/h18-19,21-26H,7-17H2,1-6H3/t19-,21-,22+,23-,24+,25+,26+,28-,29-/m1/s1. The Bertz CT molecular complexity index is 695. The van der Waals surface area contributed by atoms with E-state index >= 15 is 0 Å². The summed E-state index contributed by atoms with van der Waals surface area (Å²) >= 11 is 0. The molecule has 4 rings (SSSR count). The third kappa shape index (κ3) is 3.86. The molecule has 0 N–H and O–H groups in total. The monoisotopic (exact) mass is 428 g/mol. The summed E-state index contributed by atoms with van der Waals surface area (Å²) in [4.78, 5) is 25.3. The number of hydrogen-bond donors (Lipinski definition) is 0. The van der Waals surface area contributed by atoms with Crippen molar-refractivity contribution in [3.63, 3.8) is 0 Å². The molecule has 2 nitrogen and oxygen atoms in total. The van der Waals surface area contributed by atoms with Gasteiger partial charge in [-0.3, -0.25) is 9.59 Å². The fraction of sp³-hybridized carbons (Fsp3) is 0.931. The second-order valence-corrected chi connectivity index (χ2v) is 13.1. The number of rotatable bonds is 6. The van der Waals surface area contributed by atoms with Crippen molar-refractivity contribution in [2.45, 2.75) is 112 Å². The number of ketones is 2. The van der Waals surface area contributed by atoms with E-state index < -0.39 is 0 Å². The van der Waals surface area contributed by atoms with Crippen LogP contribution in [0.3, 0.4) is 0 Å². The predicted octanol–water partition coefficient (Wildman–Crippen LogP) is 7.49. The van der Waals surface area contributed by atoms with Gasteiger partial charge in [-0.05, 0) is 105 Å². The first kappa shape index (κ1) is 23.5. The van der Waals surface area contributed by atoms with E-state index in [-0.39, 0.29) is 23.0 Å². The first-order valence-corrected chi connectivity index (χ1v) is 13.6. The number of carbonyl (C=O) groups is 2. The molecule has 0 bridgehead atoms. The van der Waals surface area contributed by atoms with Crippen LogP contribution in [0.15, 0.2) is 0 Å². The van der Waals surface area contributed by atoms with Crippen LogP contribution in [0.25, 0.3) is 0 Å². The van der Waals surface area contributed by atoms with E-state index in [0.717, 1.165) is 48.9 Å². The van der Waals surface area contributed by atoms with Crippen molar-refractivity contribution in [2.24, 2.45) is 58.2 Å². The fourth-order valence-corrected chi connectivity index (χ4v) is 9.55. The maximum atomic E-state index is 13.2. The topological polar surface area (TPSA) is 34.1 Å². The summed E-state index contributed by atoms with van der Waals surface area (Å²) in [7, 11) is 0. The molecule has 2 heteroatoms. The van der Waals surface area contributed by atoms with Crippen LogP contribution >= 0.6 is 0 Å². The second-order valence-electron chi connectivity index (χ2n) is 13.1. The molecule has 0 radical (unpaired) electrons. The lowest BCUT2D eigenvalue weighted by Gasteiger charge is -2.60. The molecule has 0 unspecified atom stereocenters. The summed E-state index contributed by atoms with van der Waals surface area (Å²) in [6, 6.07) is 0. The molecular weight excluding hydrogens is 380 g/mol. The van der Waals surface area contributed by atoms with Crippen molar-refractivity contribution in [1.29, 1.82) is 0 Å². The molecule has 0 aromatic carbocycles. The van der Waals surface area contributed by atoms with Gasteiger partial charge in [0.1, 0.15) is 11.6 Å². The van der Waals surface area contributed by atoms with Gasteiger partial charge in [-0.15, -0.1) is 0 Å².